The molecule has 1 aliphatic carbocycles. The third-order valence-electron chi connectivity index (χ3n) is 5.51. The molecule has 3 heteroatoms. The van der Waals surface area contributed by atoms with E-state index in [0.717, 1.165) is 18.8 Å². The van der Waals surface area contributed by atoms with E-state index in [1.54, 1.807) is 0 Å². The first kappa shape index (κ1) is 12.5. The van der Waals surface area contributed by atoms with Gasteiger partial charge in [0, 0.05) is 5.92 Å². The number of esters is 1. The van der Waals surface area contributed by atoms with E-state index in [-0.39, 0.29) is 24.3 Å². The molecule has 0 aromatic rings. The van der Waals surface area contributed by atoms with Gasteiger partial charge in [0.15, 0.2) is 0 Å². The summed E-state index contributed by atoms with van der Waals surface area (Å²) >= 11 is 0. The number of rotatable bonds is 0. The van der Waals surface area contributed by atoms with Crippen LogP contribution in [0.5, 0.6) is 0 Å². The van der Waals surface area contributed by atoms with E-state index in [0.29, 0.717) is 17.8 Å². The minimum absolute atomic E-state index is 0.0522. The lowest BCUT2D eigenvalue weighted by molar-refractivity contribution is -0.240. The highest BCUT2D eigenvalue weighted by molar-refractivity contribution is 5.73. The molecule has 0 spiro atoms. The fraction of sp³-hybridized carbons (Fsp3) is 0.933. The first-order valence-electron chi connectivity index (χ1n) is 7.44. The summed E-state index contributed by atoms with van der Waals surface area (Å²) in [6, 6.07) is 0. The van der Waals surface area contributed by atoms with Crippen LogP contribution < -0.4 is 0 Å². The van der Waals surface area contributed by atoms with Crippen LogP contribution in [-0.4, -0.2) is 18.4 Å². The lowest BCUT2D eigenvalue weighted by Gasteiger charge is -2.48. The molecule has 2 aliphatic heterocycles. The number of carbonyl (C=O) groups excluding carboxylic acids is 1. The normalized spacial score (nSPS) is 52.2. The topological polar surface area (TPSA) is 35.5 Å². The molecule has 0 aromatic carbocycles. The van der Waals surface area contributed by atoms with E-state index in [2.05, 4.69) is 13.8 Å². The SMILES string of the molecule is C[C@@H]1CC[C@@H]2C3[C@H](OC(=O)[C@@H]2C)O[C@@H](C)CC[C@H]31. The number of ether oxygens (including phenoxy) is 2. The molecule has 1 unspecified atom stereocenters. The highest BCUT2D eigenvalue weighted by Crippen LogP contribution is 2.50. The molecule has 0 amide bonds. The minimum atomic E-state index is -0.274. The third kappa shape index (κ3) is 1.87. The zero-order chi connectivity index (χ0) is 12.9. The minimum Gasteiger partial charge on any atom is -0.435 e. The molecule has 0 bridgehead atoms. The highest BCUT2D eigenvalue weighted by atomic mass is 16.7. The van der Waals surface area contributed by atoms with Gasteiger partial charge in [-0.25, -0.2) is 0 Å². The van der Waals surface area contributed by atoms with Crippen molar-refractivity contribution in [2.45, 2.75) is 58.8 Å². The van der Waals surface area contributed by atoms with Crippen molar-refractivity contribution in [2.24, 2.45) is 29.6 Å². The molecule has 1 saturated carbocycles. The fourth-order valence-electron chi connectivity index (χ4n) is 4.34. The summed E-state index contributed by atoms with van der Waals surface area (Å²) < 4.78 is 11.6. The first-order chi connectivity index (χ1) is 8.58. The largest absolute Gasteiger partial charge is 0.435 e. The van der Waals surface area contributed by atoms with Crippen LogP contribution in [0.2, 0.25) is 0 Å². The Hall–Kier alpha value is -0.570. The van der Waals surface area contributed by atoms with E-state index >= 15 is 0 Å². The van der Waals surface area contributed by atoms with Gasteiger partial charge in [0.25, 0.3) is 0 Å². The summed E-state index contributed by atoms with van der Waals surface area (Å²) in [7, 11) is 0. The smallest absolute Gasteiger partial charge is 0.311 e. The molecular formula is C15H24O3. The van der Waals surface area contributed by atoms with Crippen LogP contribution in [0.15, 0.2) is 0 Å². The maximum atomic E-state index is 11.9. The lowest BCUT2D eigenvalue weighted by Crippen LogP contribution is -2.51. The quantitative estimate of drug-likeness (QED) is 0.622. The number of carbonyl (C=O) groups is 1. The van der Waals surface area contributed by atoms with Crippen molar-refractivity contribution in [3.8, 4) is 0 Å². The fourth-order valence-corrected chi connectivity index (χ4v) is 4.34. The van der Waals surface area contributed by atoms with E-state index in [1.807, 2.05) is 6.92 Å². The predicted octanol–water partition coefficient (Wildman–Crippen LogP) is 2.98. The van der Waals surface area contributed by atoms with Crippen LogP contribution in [0.25, 0.3) is 0 Å². The van der Waals surface area contributed by atoms with Gasteiger partial charge >= 0.3 is 5.97 Å². The van der Waals surface area contributed by atoms with E-state index in [9.17, 15) is 4.79 Å². The summed E-state index contributed by atoms with van der Waals surface area (Å²) in [6.07, 6.45) is 4.68. The van der Waals surface area contributed by atoms with Crippen LogP contribution >= 0.6 is 0 Å². The maximum Gasteiger partial charge on any atom is 0.311 e. The number of hydrogen-bond acceptors (Lipinski definition) is 3. The predicted molar refractivity (Wildman–Crippen MR) is 67.7 cm³/mol. The molecule has 3 rings (SSSR count). The molecule has 3 aliphatic rings. The van der Waals surface area contributed by atoms with Crippen LogP contribution in [0.3, 0.4) is 0 Å². The second-order valence-electron chi connectivity index (χ2n) is 6.58. The van der Waals surface area contributed by atoms with Gasteiger partial charge in [0.2, 0.25) is 6.29 Å². The van der Waals surface area contributed by atoms with E-state index in [4.69, 9.17) is 9.47 Å². The third-order valence-corrected chi connectivity index (χ3v) is 5.51. The van der Waals surface area contributed by atoms with Crippen molar-refractivity contribution in [1.82, 2.24) is 0 Å². The van der Waals surface area contributed by atoms with Crippen molar-refractivity contribution in [2.75, 3.05) is 0 Å². The Morgan fingerprint density at radius 1 is 1.00 bits per heavy atom. The van der Waals surface area contributed by atoms with Gasteiger partial charge in [-0.05, 0) is 43.9 Å². The Balaban J connectivity index is 1.92. The molecule has 102 valence electrons. The maximum absolute atomic E-state index is 11.9. The summed E-state index contributed by atoms with van der Waals surface area (Å²) in [5.41, 5.74) is 0. The van der Waals surface area contributed by atoms with Gasteiger partial charge < -0.3 is 9.47 Å². The van der Waals surface area contributed by atoms with Crippen LogP contribution in [0.1, 0.15) is 46.5 Å². The Labute approximate surface area is 109 Å². The zero-order valence-electron chi connectivity index (χ0n) is 11.6. The van der Waals surface area contributed by atoms with Gasteiger partial charge in [0.1, 0.15) is 0 Å². The molecule has 0 radical (unpaired) electrons. The average Bonchev–Trinajstić information content (AvgIpc) is 2.49. The molecule has 0 aromatic heterocycles. The molecular weight excluding hydrogens is 228 g/mol. The summed E-state index contributed by atoms with van der Waals surface area (Å²) in [5.74, 6) is 2.33. The zero-order valence-corrected chi connectivity index (χ0v) is 11.6. The van der Waals surface area contributed by atoms with Crippen LogP contribution in [0, 0.1) is 29.6 Å². The summed E-state index contributed by atoms with van der Waals surface area (Å²) in [4.78, 5) is 11.9. The van der Waals surface area contributed by atoms with Crippen LogP contribution in [0.4, 0.5) is 0 Å². The molecule has 3 fully saturated rings. The molecule has 7 atom stereocenters. The highest BCUT2D eigenvalue weighted by Gasteiger charge is 2.52. The summed E-state index contributed by atoms with van der Waals surface area (Å²) in [5, 5.41) is 0. The van der Waals surface area contributed by atoms with Crippen molar-refractivity contribution >= 4 is 5.97 Å². The van der Waals surface area contributed by atoms with Gasteiger partial charge in [-0.15, -0.1) is 0 Å². The molecule has 3 nitrogen and oxygen atoms in total. The monoisotopic (exact) mass is 252 g/mol. The van der Waals surface area contributed by atoms with Crippen molar-refractivity contribution in [3.05, 3.63) is 0 Å². The van der Waals surface area contributed by atoms with Crippen LogP contribution in [-0.2, 0) is 14.3 Å². The molecule has 0 N–H and O–H groups in total. The van der Waals surface area contributed by atoms with Crippen molar-refractivity contribution in [1.29, 1.82) is 0 Å². The standard InChI is InChI=1S/C15H24O3/c1-8-4-6-12-10(3)14(16)18-15-13(12)11(8)7-5-9(2)17-15/h8-13,15H,4-7H2,1-3H3/t8-,9+,10-,11+,12+,13?,15+/m1/s1. The van der Waals surface area contributed by atoms with Gasteiger partial charge in [-0.3, -0.25) is 4.79 Å². The molecule has 2 saturated heterocycles. The number of hydrogen-bond donors (Lipinski definition) is 0. The Bertz CT molecular complexity index is 341. The molecule has 2 heterocycles. The van der Waals surface area contributed by atoms with Crippen molar-refractivity contribution < 1.29 is 14.3 Å². The van der Waals surface area contributed by atoms with Gasteiger partial charge in [0.05, 0.1) is 12.0 Å². The van der Waals surface area contributed by atoms with E-state index in [1.165, 1.54) is 12.8 Å². The average molecular weight is 252 g/mol. The lowest BCUT2D eigenvalue weighted by atomic mass is 9.61. The molecule has 18 heavy (non-hydrogen) atoms. The van der Waals surface area contributed by atoms with Gasteiger partial charge in [-0.1, -0.05) is 20.3 Å². The van der Waals surface area contributed by atoms with Crippen molar-refractivity contribution in [3.63, 3.8) is 0 Å². The Kier molecular flexibility index (Phi) is 3.13. The Morgan fingerprint density at radius 2 is 1.72 bits per heavy atom. The second kappa shape index (κ2) is 4.52. The summed E-state index contributed by atoms with van der Waals surface area (Å²) in [6.45, 7) is 6.49. The Morgan fingerprint density at radius 3 is 2.50 bits per heavy atom. The van der Waals surface area contributed by atoms with Gasteiger partial charge in [-0.2, -0.15) is 0 Å². The second-order valence-corrected chi connectivity index (χ2v) is 6.58. The van der Waals surface area contributed by atoms with E-state index < -0.39 is 0 Å². The first-order valence-corrected chi connectivity index (χ1v) is 7.44.